The molecule has 14 heavy (non-hydrogen) atoms. The lowest BCUT2D eigenvalue weighted by molar-refractivity contribution is 0.103. The Morgan fingerprint density at radius 1 is 1.43 bits per heavy atom. The zero-order valence-electron chi connectivity index (χ0n) is 8.38. The summed E-state index contributed by atoms with van der Waals surface area (Å²) in [6.45, 7) is 2.03. The first-order valence-corrected chi connectivity index (χ1v) is 5.94. The fraction of sp³-hybridized carbons (Fsp3) is 0.417. The third-order valence-corrected chi connectivity index (χ3v) is 3.58. The third-order valence-electron chi connectivity index (χ3n) is 2.54. The Bertz CT molecular complexity index is 373. The number of Topliss-reactive ketones (excluding diaryl/α,β-unsaturated/α-hetero) is 1. The summed E-state index contributed by atoms with van der Waals surface area (Å²) in [5, 5.41) is 2.04. The van der Waals surface area contributed by atoms with Crippen molar-refractivity contribution in [3.63, 3.8) is 0 Å². The molecule has 0 aromatic carbocycles. The lowest BCUT2D eigenvalue weighted by Gasteiger charge is -2.09. The molecule has 1 heterocycles. The Kier molecular flexibility index (Phi) is 2.82. The average molecular weight is 206 g/mol. The lowest BCUT2D eigenvalue weighted by Crippen LogP contribution is -2.04. The molecule has 0 saturated carbocycles. The maximum absolute atomic E-state index is 12.0. The molecule has 0 aliphatic heterocycles. The van der Waals surface area contributed by atoms with Crippen molar-refractivity contribution in [2.24, 2.45) is 0 Å². The molecule has 0 saturated heterocycles. The van der Waals surface area contributed by atoms with Gasteiger partial charge < -0.3 is 0 Å². The molecule has 1 aromatic heterocycles. The van der Waals surface area contributed by atoms with Crippen molar-refractivity contribution in [2.75, 3.05) is 0 Å². The number of ketones is 1. The third kappa shape index (κ3) is 1.95. The van der Waals surface area contributed by atoms with E-state index < -0.39 is 0 Å². The lowest BCUT2D eigenvalue weighted by atomic mass is 9.96. The van der Waals surface area contributed by atoms with Gasteiger partial charge in [0.05, 0.1) is 4.88 Å². The minimum Gasteiger partial charge on any atom is -0.288 e. The number of carbonyl (C=O) groups is 1. The van der Waals surface area contributed by atoms with Crippen LogP contribution in [-0.4, -0.2) is 5.78 Å². The quantitative estimate of drug-likeness (QED) is 0.674. The standard InChI is InChI=1S/C12H14OS/c1-9-7-11(14-8-9)12(13)10-5-3-2-4-6-10/h5,7-8H,2-4,6H2,1H3. The van der Waals surface area contributed by atoms with E-state index in [0.717, 1.165) is 23.3 Å². The van der Waals surface area contributed by atoms with Gasteiger partial charge in [-0.15, -0.1) is 11.3 Å². The molecule has 0 N–H and O–H groups in total. The van der Waals surface area contributed by atoms with E-state index in [4.69, 9.17) is 0 Å². The predicted molar refractivity (Wildman–Crippen MR) is 59.9 cm³/mol. The summed E-state index contributed by atoms with van der Waals surface area (Å²) in [7, 11) is 0. The second kappa shape index (κ2) is 4.09. The molecule has 0 spiro atoms. The van der Waals surface area contributed by atoms with Crippen LogP contribution in [0.1, 0.15) is 40.9 Å². The topological polar surface area (TPSA) is 17.1 Å². The van der Waals surface area contributed by atoms with Gasteiger partial charge in [0.1, 0.15) is 0 Å². The normalized spacial score (nSPS) is 16.5. The molecule has 1 aliphatic carbocycles. The maximum atomic E-state index is 12.0. The fourth-order valence-corrected chi connectivity index (χ4v) is 2.63. The summed E-state index contributed by atoms with van der Waals surface area (Å²) >= 11 is 1.56. The molecule has 1 aromatic rings. The van der Waals surface area contributed by atoms with Gasteiger partial charge in [-0.3, -0.25) is 4.79 Å². The van der Waals surface area contributed by atoms with E-state index >= 15 is 0 Å². The molecule has 1 aliphatic rings. The summed E-state index contributed by atoms with van der Waals surface area (Å²) in [5.74, 6) is 0.253. The van der Waals surface area contributed by atoms with Gasteiger partial charge in [-0.1, -0.05) is 6.08 Å². The highest BCUT2D eigenvalue weighted by molar-refractivity contribution is 7.12. The van der Waals surface area contributed by atoms with Crippen LogP contribution in [0.15, 0.2) is 23.1 Å². The fourth-order valence-electron chi connectivity index (χ4n) is 1.75. The molecule has 74 valence electrons. The molecule has 2 rings (SSSR count). The van der Waals surface area contributed by atoms with Crippen molar-refractivity contribution >= 4 is 17.1 Å². The van der Waals surface area contributed by atoms with E-state index in [1.54, 1.807) is 11.3 Å². The first-order valence-electron chi connectivity index (χ1n) is 5.06. The average Bonchev–Trinajstić information content (AvgIpc) is 2.65. The zero-order valence-corrected chi connectivity index (χ0v) is 9.19. The van der Waals surface area contributed by atoms with Crippen LogP contribution in [0.5, 0.6) is 0 Å². The molecular weight excluding hydrogens is 192 g/mol. The van der Waals surface area contributed by atoms with Crippen molar-refractivity contribution < 1.29 is 4.79 Å². The molecule has 0 bridgehead atoms. The summed E-state index contributed by atoms with van der Waals surface area (Å²) in [6, 6.07) is 1.99. The van der Waals surface area contributed by atoms with Crippen molar-refractivity contribution in [2.45, 2.75) is 32.6 Å². The summed E-state index contributed by atoms with van der Waals surface area (Å²) in [5.41, 5.74) is 2.22. The Morgan fingerprint density at radius 3 is 2.86 bits per heavy atom. The molecule has 2 heteroatoms. The van der Waals surface area contributed by atoms with Crippen molar-refractivity contribution in [3.05, 3.63) is 33.5 Å². The largest absolute Gasteiger partial charge is 0.288 e. The van der Waals surface area contributed by atoms with Crippen molar-refractivity contribution in [3.8, 4) is 0 Å². The van der Waals surface area contributed by atoms with Crippen LogP contribution in [0.25, 0.3) is 0 Å². The highest BCUT2D eigenvalue weighted by Crippen LogP contribution is 2.24. The number of thiophene rings is 1. The molecule has 0 radical (unpaired) electrons. The first kappa shape index (κ1) is 9.66. The second-order valence-corrected chi connectivity index (χ2v) is 4.70. The second-order valence-electron chi connectivity index (χ2n) is 3.79. The Morgan fingerprint density at radius 2 is 2.29 bits per heavy atom. The molecule has 0 fully saturated rings. The van der Waals surface area contributed by atoms with Crippen LogP contribution in [0.4, 0.5) is 0 Å². The van der Waals surface area contributed by atoms with E-state index in [0.29, 0.717) is 0 Å². The predicted octanol–water partition coefficient (Wildman–Crippen LogP) is 3.74. The Balaban J connectivity index is 2.19. The summed E-state index contributed by atoms with van der Waals surface area (Å²) in [6.07, 6.45) is 6.56. The Hall–Kier alpha value is -0.890. The molecule has 0 amide bonds. The van der Waals surface area contributed by atoms with E-state index in [2.05, 4.69) is 6.08 Å². The highest BCUT2D eigenvalue weighted by atomic mass is 32.1. The van der Waals surface area contributed by atoms with Gasteiger partial charge in [-0.25, -0.2) is 0 Å². The number of aryl methyl sites for hydroxylation is 1. The van der Waals surface area contributed by atoms with Crippen LogP contribution in [-0.2, 0) is 0 Å². The minimum absolute atomic E-state index is 0.253. The Labute approximate surface area is 88.5 Å². The molecule has 0 unspecified atom stereocenters. The van der Waals surface area contributed by atoms with Crippen LogP contribution < -0.4 is 0 Å². The van der Waals surface area contributed by atoms with Crippen LogP contribution in [0.2, 0.25) is 0 Å². The van der Waals surface area contributed by atoms with Gasteiger partial charge in [0.15, 0.2) is 5.78 Å². The minimum atomic E-state index is 0.253. The summed E-state index contributed by atoms with van der Waals surface area (Å²) in [4.78, 5) is 12.9. The van der Waals surface area contributed by atoms with Gasteiger partial charge in [0, 0.05) is 0 Å². The van der Waals surface area contributed by atoms with E-state index in [1.165, 1.54) is 18.4 Å². The maximum Gasteiger partial charge on any atom is 0.198 e. The number of allylic oxidation sites excluding steroid dienone is 2. The molecule has 1 nitrogen and oxygen atoms in total. The van der Waals surface area contributed by atoms with E-state index in [9.17, 15) is 4.79 Å². The van der Waals surface area contributed by atoms with Crippen LogP contribution in [0.3, 0.4) is 0 Å². The van der Waals surface area contributed by atoms with Crippen LogP contribution in [0, 0.1) is 6.92 Å². The van der Waals surface area contributed by atoms with Gasteiger partial charge >= 0.3 is 0 Å². The van der Waals surface area contributed by atoms with Crippen molar-refractivity contribution in [1.29, 1.82) is 0 Å². The molecule has 0 atom stereocenters. The zero-order chi connectivity index (χ0) is 9.97. The van der Waals surface area contributed by atoms with E-state index in [1.807, 2.05) is 18.4 Å². The van der Waals surface area contributed by atoms with Crippen LogP contribution >= 0.6 is 11.3 Å². The first-order chi connectivity index (χ1) is 6.77. The highest BCUT2D eigenvalue weighted by Gasteiger charge is 2.15. The van der Waals surface area contributed by atoms with Gasteiger partial charge in [-0.05, 0) is 55.2 Å². The number of hydrogen-bond donors (Lipinski definition) is 0. The van der Waals surface area contributed by atoms with E-state index in [-0.39, 0.29) is 5.78 Å². The number of carbonyl (C=O) groups excluding carboxylic acids is 1. The number of hydrogen-bond acceptors (Lipinski definition) is 2. The van der Waals surface area contributed by atoms with Crippen molar-refractivity contribution in [1.82, 2.24) is 0 Å². The SMILES string of the molecule is Cc1csc(C(=O)C2=CCCCC2)c1. The monoisotopic (exact) mass is 206 g/mol. The number of rotatable bonds is 2. The molecular formula is C12H14OS. The smallest absolute Gasteiger partial charge is 0.198 e. The summed E-state index contributed by atoms with van der Waals surface area (Å²) < 4.78 is 0. The van der Waals surface area contributed by atoms with Gasteiger partial charge in [-0.2, -0.15) is 0 Å². The van der Waals surface area contributed by atoms with Gasteiger partial charge in [0.25, 0.3) is 0 Å². The van der Waals surface area contributed by atoms with Gasteiger partial charge in [0.2, 0.25) is 0 Å².